The standard InChI is InChI=1S/C27H25NO2/c1-4-28-25-8-6-5-7-23(25)24-17-20(13-16-26(24)28)11-14-22(29)15-12-21-10-9-19(2)27(18-21)30-3/h5-18H,4H2,1-3H3/b14-11+,15-12+. The Morgan fingerprint density at radius 2 is 1.57 bits per heavy atom. The number of carbonyl (C=O) groups is 1. The zero-order valence-electron chi connectivity index (χ0n) is 17.6. The number of aromatic nitrogens is 1. The number of rotatable bonds is 6. The lowest BCUT2D eigenvalue weighted by molar-refractivity contribution is -0.110. The van der Waals surface area contributed by atoms with Gasteiger partial charge in [0, 0.05) is 28.4 Å². The van der Waals surface area contributed by atoms with Crippen molar-refractivity contribution in [2.45, 2.75) is 20.4 Å². The molecule has 150 valence electrons. The lowest BCUT2D eigenvalue weighted by Gasteiger charge is -2.04. The van der Waals surface area contributed by atoms with Crippen LogP contribution in [0.4, 0.5) is 0 Å². The number of benzene rings is 3. The molecule has 0 saturated carbocycles. The normalized spacial score (nSPS) is 11.8. The van der Waals surface area contributed by atoms with E-state index < -0.39 is 0 Å². The maximum atomic E-state index is 12.3. The molecule has 3 aromatic carbocycles. The first kappa shape index (κ1) is 19.7. The van der Waals surface area contributed by atoms with Crippen molar-refractivity contribution in [3.63, 3.8) is 0 Å². The van der Waals surface area contributed by atoms with Crippen molar-refractivity contribution in [2.75, 3.05) is 7.11 Å². The van der Waals surface area contributed by atoms with Crippen molar-refractivity contribution >= 4 is 39.7 Å². The molecule has 4 aromatic rings. The minimum atomic E-state index is -0.0503. The lowest BCUT2D eigenvalue weighted by Crippen LogP contribution is -1.92. The Morgan fingerprint density at radius 3 is 2.30 bits per heavy atom. The largest absolute Gasteiger partial charge is 0.496 e. The summed E-state index contributed by atoms with van der Waals surface area (Å²) in [6.45, 7) is 5.08. The average Bonchev–Trinajstić information content (AvgIpc) is 3.10. The van der Waals surface area contributed by atoms with E-state index in [2.05, 4.69) is 54.0 Å². The number of ketones is 1. The van der Waals surface area contributed by atoms with Gasteiger partial charge in [-0.25, -0.2) is 0 Å². The molecule has 0 atom stereocenters. The van der Waals surface area contributed by atoms with Crippen LogP contribution in [0.25, 0.3) is 34.0 Å². The summed E-state index contributed by atoms with van der Waals surface area (Å²) in [6.07, 6.45) is 6.89. The summed E-state index contributed by atoms with van der Waals surface area (Å²) in [7, 11) is 1.65. The molecule has 0 aliphatic rings. The van der Waals surface area contributed by atoms with Crippen LogP contribution in [0.5, 0.6) is 5.75 Å². The fraction of sp³-hybridized carbons (Fsp3) is 0.148. The van der Waals surface area contributed by atoms with E-state index in [4.69, 9.17) is 4.74 Å². The van der Waals surface area contributed by atoms with Crippen LogP contribution >= 0.6 is 0 Å². The predicted molar refractivity (Wildman–Crippen MR) is 126 cm³/mol. The van der Waals surface area contributed by atoms with Crippen LogP contribution < -0.4 is 4.74 Å². The van der Waals surface area contributed by atoms with E-state index in [9.17, 15) is 4.79 Å². The minimum Gasteiger partial charge on any atom is -0.496 e. The number of aryl methyl sites for hydroxylation is 2. The molecule has 1 aromatic heterocycles. The van der Waals surface area contributed by atoms with Crippen LogP contribution in [0.3, 0.4) is 0 Å². The monoisotopic (exact) mass is 395 g/mol. The van der Waals surface area contributed by atoms with Crippen LogP contribution in [0.2, 0.25) is 0 Å². The first-order chi connectivity index (χ1) is 14.6. The molecule has 0 radical (unpaired) electrons. The van der Waals surface area contributed by atoms with Crippen LogP contribution in [-0.4, -0.2) is 17.5 Å². The summed E-state index contributed by atoms with van der Waals surface area (Å²) in [5.41, 5.74) is 5.48. The number of nitrogens with zero attached hydrogens (tertiary/aromatic N) is 1. The fourth-order valence-electron chi connectivity index (χ4n) is 3.87. The van der Waals surface area contributed by atoms with Crippen molar-refractivity contribution < 1.29 is 9.53 Å². The van der Waals surface area contributed by atoms with Gasteiger partial charge in [-0.1, -0.05) is 48.6 Å². The number of allylic oxidation sites excluding steroid dienone is 2. The molecule has 0 spiro atoms. The van der Waals surface area contributed by atoms with Crippen molar-refractivity contribution in [3.05, 3.63) is 89.5 Å². The Bertz CT molecular complexity index is 1290. The van der Waals surface area contributed by atoms with Crippen LogP contribution in [0, 0.1) is 6.92 Å². The fourth-order valence-corrected chi connectivity index (χ4v) is 3.87. The van der Waals surface area contributed by atoms with Gasteiger partial charge in [-0.15, -0.1) is 0 Å². The molecule has 1 heterocycles. The summed E-state index contributed by atoms with van der Waals surface area (Å²) in [5.74, 6) is 0.769. The molecule has 0 unspecified atom stereocenters. The van der Waals surface area contributed by atoms with Crippen LogP contribution in [-0.2, 0) is 11.3 Å². The summed E-state index contributed by atoms with van der Waals surface area (Å²) in [6, 6.07) is 20.7. The van der Waals surface area contributed by atoms with Crippen molar-refractivity contribution in [2.24, 2.45) is 0 Å². The summed E-state index contributed by atoms with van der Waals surface area (Å²) in [4.78, 5) is 12.3. The third-order valence-corrected chi connectivity index (χ3v) is 5.42. The highest BCUT2D eigenvalue weighted by molar-refractivity contribution is 6.09. The molecular weight excluding hydrogens is 370 g/mol. The Labute approximate surface area is 176 Å². The predicted octanol–water partition coefficient (Wildman–Crippen LogP) is 6.43. The average molecular weight is 396 g/mol. The summed E-state index contributed by atoms with van der Waals surface area (Å²) < 4.78 is 7.66. The highest BCUT2D eigenvalue weighted by Gasteiger charge is 2.09. The Balaban J connectivity index is 1.58. The second kappa shape index (κ2) is 8.42. The van der Waals surface area contributed by atoms with Gasteiger partial charge in [-0.2, -0.15) is 0 Å². The van der Waals surface area contributed by atoms with Crippen molar-refractivity contribution in [3.8, 4) is 5.75 Å². The van der Waals surface area contributed by atoms with Gasteiger partial charge in [0.05, 0.1) is 7.11 Å². The maximum absolute atomic E-state index is 12.3. The van der Waals surface area contributed by atoms with Gasteiger partial charge in [0.2, 0.25) is 0 Å². The van der Waals surface area contributed by atoms with Crippen molar-refractivity contribution in [1.82, 2.24) is 4.57 Å². The summed E-state index contributed by atoms with van der Waals surface area (Å²) >= 11 is 0. The molecular formula is C27H25NO2. The van der Waals surface area contributed by atoms with Gasteiger partial charge in [0.1, 0.15) is 5.75 Å². The number of hydrogen-bond donors (Lipinski definition) is 0. The van der Waals surface area contributed by atoms with E-state index in [0.29, 0.717) is 0 Å². The van der Waals surface area contributed by atoms with Gasteiger partial charge in [-0.05, 0) is 67.0 Å². The Kier molecular flexibility index (Phi) is 5.53. The van der Waals surface area contributed by atoms with E-state index in [1.54, 1.807) is 19.3 Å². The van der Waals surface area contributed by atoms with E-state index in [1.165, 1.54) is 21.8 Å². The highest BCUT2D eigenvalue weighted by atomic mass is 16.5. The maximum Gasteiger partial charge on any atom is 0.178 e. The molecule has 0 aliphatic heterocycles. The lowest BCUT2D eigenvalue weighted by atomic mass is 10.1. The zero-order valence-corrected chi connectivity index (χ0v) is 17.6. The zero-order chi connectivity index (χ0) is 21.1. The second-order valence-corrected chi connectivity index (χ2v) is 7.34. The Morgan fingerprint density at radius 1 is 0.900 bits per heavy atom. The molecule has 0 bridgehead atoms. The molecule has 4 rings (SSSR count). The molecule has 0 saturated heterocycles. The quantitative estimate of drug-likeness (QED) is 0.352. The van der Waals surface area contributed by atoms with Crippen LogP contribution in [0.15, 0.2) is 72.8 Å². The third kappa shape index (κ3) is 3.79. The molecule has 30 heavy (non-hydrogen) atoms. The number of fused-ring (bicyclic) bond motifs is 3. The number of methoxy groups -OCH3 is 1. The number of para-hydroxylation sites is 1. The number of carbonyl (C=O) groups excluding carboxylic acids is 1. The van der Waals surface area contributed by atoms with E-state index >= 15 is 0 Å². The van der Waals surface area contributed by atoms with Gasteiger partial charge in [0.15, 0.2) is 5.78 Å². The van der Waals surface area contributed by atoms with E-state index in [0.717, 1.165) is 29.0 Å². The first-order valence-corrected chi connectivity index (χ1v) is 10.2. The van der Waals surface area contributed by atoms with Gasteiger partial charge >= 0.3 is 0 Å². The molecule has 0 aliphatic carbocycles. The minimum absolute atomic E-state index is 0.0503. The third-order valence-electron chi connectivity index (χ3n) is 5.42. The van der Waals surface area contributed by atoms with Gasteiger partial charge in [-0.3, -0.25) is 4.79 Å². The number of ether oxygens (including phenoxy) is 1. The SMILES string of the molecule is CCn1c2ccccc2c2cc(/C=C/C(=O)/C=C/c3ccc(C)c(OC)c3)ccc21. The Hall–Kier alpha value is -3.59. The van der Waals surface area contributed by atoms with Gasteiger partial charge in [0.25, 0.3) is 0 Å². The molecule has 0 fully saturated rings. The van der Waals surface area contributed by atoms with E-state index in [-0.39, 0.29) is 5.78 Å². The van der Waals surface area contributed by atoms with Gasteiger partial charge < -0.3 is 9.30 Å². The first-order valence-electron chi connectivity index (χ1n) is 10.2. The topological polar surface area (TPSA) is 31.2 Å². The van der Waals surface area contributed by atoms with Crippen molar-refractivity contribution in [1.29, 1.82) is 0 Å². The van der Waals surface area contributed by atoms with Crippen LogP contribution in [0.1, 0.15) is 23.6 Å². The summed E-state index contributed by atoms with van der Waals surface area (Å²) in [5, 5.41) is 2.45. The second-order valence-electron chi connectivity index (χ2n) is 7.34. The molecule has 3 heteroatoms. The smallest absolute Gasteiger partial charge is 0.178 e. The number of hydrogen-bond acceptors (Lipinski definition) is 2. The molecule has 3 nitrogen and oxygen atoms in total. The van der Waals surface area contributed by atoms with E-state index in [1.807, 2.05) is 37.3 Å². The molecule has 0 amide bonds. The highest BCUT2D eigenvalue weighted by Crippen LogP contribution is 2.30. The molecule has 0 N–H and O–H groups in total.